The van der Waals surface area contributed by atoms with Crippen molar-refractivity contribution < 1.29 is 4.79 Å². The van der Waals surface area contributed by atoms with Crippen molar-refractivity contribution in [3.8, 4) is 0 Å². The number of carbonyl (C=O) groups excluding carboxylic acids is 1. The number of halogens is 2. The molecule has 6 heteroatoms. The number of pyridine rings is 1. The minimum Gasteiger partial charge on any atom is -0.350 e. The van der Waals surface area contributed by atoms with Crippen molar-refractivity contribution in [1.82, 2.24) is 14.9 Å². The number of benzene rings is 1. The van der Waals surface area contributed by atoms with Gasteiger partial charge in [0.2, 0.25) is 0 Å². The molecule has 0 aliphatic heterocycles. The number of hydrogen-bond acceptors (Lipinski definition) is 2. The van der Waals surface area contributed by atoms with E-state index in [-0.39, 0.29) is 11.3 Å². The van der Waals surface area contributed by atoms with E-state index < -0.39 is 0 Å². The zero-order chi connectivity index (χ0) is 17.3. The van der Waals surface area contributed by atoms with Crippen LogP contribution >= 0.6 is 23.2 Å². The van der Waals surface area contributed by atoms with Gasteiger partial charge in [-0.15, -0.1) is 0 Å². The van der Waals surface area contributed by atoms with Gasteiger partial charge < -0.3 is 5.32 Å². The summed E-state index contributed by atoms with van der Waals surface area (Å²) in [6, 6.07) is 13.4. The quantitative estimate of drug-likeness (QED) is 0.750. The molecule has 0 fully saturated rings. The molecule has 0 saturated carbocycles. The standard InChI is InChI=1S/C18H17Cl2N3O/c1-18(2,12-6-4-3-5-7-12)11-21-17(24)15-9-16-14(20)8-13(19)10-23(16)22-15/h3-10H,11H2,1-2H3,(H,21,24). The van der Waals surface area contributed by atoms with Crippen molar-refractivity contribution in [2.45, 2.75) is 19.3 Å². The molecule has 0 spiro atoms. The van der Waals surface area contributed by atoms with Gasteiger partial charge in [0.15, 0.2) is 5.69 Å². The highest BCUT2D eigenvalue weighted by molar-refractivity contribution is 6.36. The number of nitrogens with zero attached hydrogens (tertiary/aromatic N) is 2. The van der Waals surface area contributed by atoms with E-state index >= 15 is 0 Å². The number of hydrogen-bond donors (Lipinski definition) is 1. The molecule has 1 aromatic carbocycles. The molecular formula is C18H17Cl2N3O. The van der Waals surface area contributed by atoms with E-state index in [0.29, 0.717) is 27.8 Å². The highest BCUT2D eigenvalue weighted by Crippen LogP contribution is 2.24. The van der Waals surface area contributed by atoms with E-state index in [0.717, 1.165) is 5.56 Å². The van der Waals surface area contributed by atoms with Crippen LogP contribution in [-0.4, -0.2) is 22.1 Å². The van der Waals surface area contributed by atoms with E-state index in [1.807, 2.05) is 18.2 Å². The Balaban J connectivity index is 1.77. The Kier molecular flexibility index (Phi) is 4.52. The largest absolute Gasteiger partial charge is 0.350 e. The zero-order valence-corrected chi connectivity index (χ0v) is 14.9. The summed E-state index contributed by atoms with van der Waals surface area (Å²) in [6.07, 6.45) is 1.62. The van der Waals surface area contributed by atoms with Gasteiger partial charge >= 0.3 is 0 Å². The number of rotatable bonds is 4. The predicted octanol–water partition coefficient (Wildman–Crippen LogP) is 4.35. The molecule has 124 valence electrons. The maximum absolute atomic E-state index is 12.4. The van der Waals surface area contributed by atoms with Crippen LogP contribution in [0.5, 0.6) is 0 Å². The maximum atomic E-state index is 12.4. The molecule has 2 aromatic heterocycles. The molecule has 1 N–H and O–H groups in total. The van der Waals surface area contributed by atoms with Crippen molar-refractivity contribution in [2.24, 2.45) is 0 Å². The van der Waals surface area contributed by atoms with Crippen LogP contribution in [0.25, 0.3) is 5.52 Å². The van der Waals surface area contributed by atoms with E-state index in [1.54, 1.807) is 18.3 Å². The molecule has 0 aliphatic carbocycles. The summed E-state index contributed by atoms with van der Waals surface area (Å²) in [4.78, 5) is 12.4. The number of amides is 1. The molecule has 3 rings (SSSR count). The van der Waals surface area contributed by atoms with Crippen molar-refractivity contribution in [2.75, 3.05) is 6.54 Å². The fourth-order valence-corrected chi connectivity index (χ4v) is 3.03. The third-order valence-electron chi connectivity index (χ3n) is 3.97. The van der Waals surface area contributed by atoms with Gasteiger partial charge in [-0.1, -0.05) is 67.4 Å². The lowest BCUT2D eigenvalue weighted by Crippen LogP contribution is -2.36. The van der Waals surface area contributed by atoms with Crippen LogP contribution in [0.1, 0.15) is 29.9 Å². The third-order valence-corrected chi connectivity index (χ3v) is 4.48. The van der Waals surface area contributed by atoms with Crippen LogP contribution in [-0.2, 0) is 5.41 Å². The van der Waals surface area contributed by atoms with E-state index in [4.69, 9.17) is 23.2 Å². The average Bonchev–Trinajstić information content (AvgIpc) is 2.98. The highest BCUT2D eigenvalue weighted by atomic mass is 35.5. The third kappa shape index (κ3) is 3.40. The Labute approximate surface area is 150 Å². The van der Waals surface area contributed by atoms with Gasteiger partial charge in [0.1, 0.15) is 0 Å². The first-order valence-corrected chi connectivity index (χ1v) is 8.30. The molecule has 0 atom stereocenters. The van der Waals surface area contributed by atoms with Crippen molar-refractivity contribution in [3.05, 3.63) is 70.0 Å². The monoisotopic (exact) mass is 361 g/mol. The summed E-state index contributed by atoms with van der Waals surface area (Å²) in [5.74, 6) is -0.241. The second-order valence-electron chi connectivity index (χ2n) is 6.30. The van der Waals surface area contributed by atoms with Gasteiger partial charge in [0, 0.05) is 18.2 Å². The number of carbonyl (C=O) groups is 1. The second-order valence-corrected chi connectivity index (χ2v) is 7.14. The Bertz CT molecular complexity index is 888. The Morgan fingerprint density at radius 3 is 2.62 bits per heavy atom. The van der Waals surface area contributed by atoms with Crippen LogP contribution in [0.3, 0.4) is 0 Å². The predicted molar refractivity (Wildman–Crippen MR) is 97.0 cm³/mol. The van der Waals surface area contributed by atoms with Gasteiger partial charge in [-0.3, -0.25) is 4.79 Å². The number of fused-ring (bicyclic) bond motifs is 1. The lowest BCUT2D eigenvalue weighted by Gasteiger charge is -2.25. The molecule has 0 bridgehead atoms. The minimum absolute atomic E-state index is 0.184. The first-order valence-electron chi connectivity index (χ1n) is 7.55. The van der Waals surface area contributed by atoms with Crippen molar-refractivity contribution in [3.63, 3.8) is 0 Å². The van der Waals surface area contributed by atoms with Crippen molar-refractivity contribution in [1.29, 1.82) is 0 Å². The average molecular weight is 362 g/mol. The van der Waals surface area contributed by atoms with Crippen LogP contribution in [0.15, 0.2) is 48.7 Å². The van der Waals surface area contributed by atoms with Gasteiger partial charge in [-0.05, 0) is 17.7 Å². The molecule has 4 nitrogen and oxygen atoms in total. The molecule has 0 aliphatic rings. The lowest BCUT2D eigenvalue weighted by atomic mass is 9.84. The van der Waals surface area contributed by atoms with Gasteiger partial charge in [0.05, 0.1) is 15.6 Å². The first-order chi connectivity index (χ1) is 11.4. The smallest absolute Gasteiger partial charge is 0.271 e. The summed E-state index contributed by atoms with van der Waals surface area (Å²) in [6.45, 7) is 4.67. The Morgan fingerprint density at radius 1 is 1.21 bits per heavy atom. The second kappa shape index (κ2) is 6.46. The topological polar surface area (TPSA) is 46.4 Å². The summed E-state index contributed by atoms with van der Waals surface area (Å²) >= 11 is 12.1. The normalized spacial score (nSPS) is 11.7. The summed E-state index contributed by atoms with van der Waals surface area (Å²) in [5, 5.41) is 8.11. The molecule has 0 radical (unpaired) electrons. The van der Waals surface area contributed by atoms with Crippen LogP contribution in [0.4, 0.5) is 0 Å². The van der Waals surface area contributed by atoms with Gasteiger partial charge in [0.25, 0.3) is 5.91 Å². The van der Waals surface area contributed by atoms with Gasteiger partial charge in [-0.2, -0.15) is 5.10 Å². The van der Waals surface area contributed by atoms with E-state index in [1.165, 1.54) is 4.52 Å². The SMILES string of the molecule is CC(C)(CNC(=O)c1cc2c(Cl)cc(Cl)cn2n1)c1ccccc1. The minimum atomic E-state index is -0.241. The number of aromatic nitrogens is 2. The maximum Gasteiger partial charge on any atom is 0.271 e. The molecule has 2 heterocycles. The highest BCUT2D eigenvalue weighted by Gasteiger charge is 2.22. The van der Waals surface area contributed by atoms with E-state index in [2.05, 4.69) is 36.4 Å². The molecule has 0 unspecified atom stereocenters. The zero-order valence-electron chi connectivity index (χ0n) is 13.4. The molecule has 0 saturated heterocycles. The summed E-state index contributed by atoms with van der Waals surface area (Å²) in [7, 11) is 0. The van der Waals surface area contributed by atoms with Crippen LogP contribution < -0.4 is 5.32 Å². The molecule has 1 amide bonds. The summed E-state index contributed by atoms with van der Waals surface area (Å²) < 4.78 is 1.52. The lowest BCUT2D eigenvalue weighted by molar-refractivity contribution is 0.0940. The number of nitrogens with one attached hydrogen (secondary N) is 1. The van der Waals surface area contributed by atoms with Crippen LogP contribution in [0, 0.1) is 0 Å². The molecule has 24 heavy (non-hydrogen) atoms. The van der Waals surface area contributed by atoms with E-state index in [9.17, 15) is 4.79 Å². The summed E-state index contributed by atoms with van der Waals surface area (Å²) in [5.41, 5.74) is 1.93. The molecular weight excluding hydrogens is 345 g/mol. The Morgan fingerprint density at radius 2 is 1.92 bits per heavy atom. The van der Waals surface area contributed by atoms with Crippen LogP contribution in [0.2, 0.25) is 10.0 Å². The first kappa shape index (κ1) is 16.8. The fourth-order valence-electron chi connectivity index (χ4n) is 2.51. The fraction of sp³-hybridized carbons (Fsp3) is 0.222. The van der Waals surface area contributed by atoms with Crippen molar-refractivity contribution >= 4 is 34.6 Å². The van der Waals surface area contributed by atoms with Gasteiger partial charge in [-0.25, -0.2) is 4.52 Å². The molecule has 3 aromatic rings. The Hall–Kier alpha value is -2.04.